The average Bonchev–Trinajstić information content (AvgIpc) is 2.89. The molecule has 0 atom stereocenters. The van der Waals surface area contributed by atoms with Crippen molar-refractivity contribution in [1.29, 1.82) is 0 Å². The predicted octanol–water partition coefficient (Wildman–Crippen LogP) is 1.98. The van der Waals surface area contributed by atoms with Crippen LogP contribution in [0.15, 0.2) is 12.4 Å². The van der Waals surface area contributed by atoms with Gasteiger partial charge in [-0.15, -0.1) is 0 Å². The molecule has 1 heterocycles. The molecule has 4 heteroatoms. The first-order valence-electron chi connectivity index (χ1n) is 4.44. The minimum atomic E-state index is 0.587. The van der Waals surface area contributed by atoms with Crippen molar-refractivity contribution in [2.45, 2.75) is 12.8 Å². The zero-order valence-corrected chi connectivity index (χ0v) is 8.33. The molecule has 2 rings (SSSR count). The first-order valence-corrected chi connectivity index (χ1v) is 4.82. The molecular formula is C9H12ClN3. The summed E-state index contributed by atoms with van der Waals surface area (Å²) >= 11 is 5.69. The largest absolute Gasteiger partial charge is 0.344 e. The summed E-state index contributed by atoms with van der Waals surface area (Å²) < 4.78 is 0. The SMILES string of the molecule is CN(CC1CC1)c1ncc(Cl)cn1. The Morgan fingerprint density at radius 2 is 2.08 bits per heavy atom. The molecule has 1 aromatic heterocycles. The Hall–Kier alpha value is -0.830. The maximum Gasteiger partial charge on any atom is 0.225 e. The van der Waals surface area contributed by atoms with Crippen molar-refractivity contribution in [2.75, 3.05) is 18.5 Å². The van der Waals surface area contributed by atoms with Gasteiger partial charge < -0.3 is 4.90 Å². The maximum atomic E-state index is 5.69. The smallest absolute Gasteiger partial charge is 0.225 e. The second-order valence-electron chi connectivity index (χ2n) is 3.53. The summed E-state index contributed by atoms with van der Waals surface area (Å²) in [6, 6.07) is 0. The fourth-order valence-corrected chi connectivity index (χ4v) is 1.37. The van der Waals surface area contributed by atoms with Crippen LogP contribution in [0.1, 0.15) is 12.8 Å². The quantitative estimate of drug-likeness (QED) is 0.742. The molecule has 13 heavy (non-hydrogen) atoms. The van der Waals surface area contributed by atoms with E-state index in [0.717, 1.165) is 18.4 Å². The summed E-state index contributed by atoms with van der Waals surface area (Å²) in [6.45, 7) is 1.06. The average molecular weight is 198 g/mol. The molecule has 0 amide bonds. The Kier molecular flexibility index (Phi) is 2.36. The lowest BCUT2D eigenvalue weighted by molar-refractivity contribution is 0.764. The molecule has 1 aromatic rings. The number of nitrogens with zero attached hydrogens (tertiary/aromatic N) is 3. The summed E-state index contributed by atoms with van der Waals surface area (Å²) in [6.07, 6.45) is 5.95. The van der Waals surface area contributed by atoms with E-state index < -0.39 is 0 Å². The van der Waals surface area contributed by atoms with Crippen LogP contribution in [0.2, 0.25) is 5.02 Å². The third-order valence-corrected chi connectivity index (χ3v) is 2.37. The van der Waals surface area contributed by atoms with E-state index in [9.17, 15) is 0 Å². The van der Waals surface area contributed by atoms with Crippen LogP contribution in [0.3, 0.4) is 0 Å². The summed E-state index contributed by atoms with van der Waals surface area (Å²) in [7, 11) is 2.02. The van der Waals surface area contributed by atoms with E-state index in [-0.39, 0.29) is 0 Å². The molecule has 1 fully saturated rings. The molecule has 70 valence electrons. The molecule has 0 bridgehead atoms. The number of hydrogen-bond acceptors (Lipinski definition) is 3. The van der Waals surface area contributed by atoms with Crippen molar-refractivity contribution in [3.05, 3.63) is 17.4 Å². The Balaban J connectivity index is 2.01. The molecule has 0 unspecified atom stereocenters. The molecule has 1 aliphatic carbocycles. The minimum absolute atomic E-state index is 0.587. The standard InChI is InChI=1S/C9H12ClN3/c1-13(6-7-2-3-7)9-11-4-8(10)5-12-9/h4-5,7H,2-3,6H2,1H3. The maximum absolute atomic E-state index is 5.69. The molecule has 0 spiro atoms. The van der Waals surface area contributed by atoms with Crippen molar-refractivity contribution in [2.24, 2.45) is 5.92 Å². The second-order valence-corrected chi connectivity index (χ2v) is 3.96. The van der Waals surface area contributed by atoms with E-state index in [1.165, 1.54) is 12.8 Å². The van der Waals surface area contributed by atoms with Gasteiger partial charge in [-0.2, -0.15) is 0 Å². The van der Waals surface area contributed by atoms with E-state index in [1.54, 1.807) is 12.4 Å². The van der Waals surface area contributed by atoms with Crippen LogP contribution in [0.5, 0.6) is 0 Å². The molecular weight excluding hydrogens is 186 g/mol. The Bertz CT molecular complexity index is 281. The molecule has 0 aromatic carbocycles. The third-order valence-electron chi connectivity index (χ3n) is 2.18. The summed E-state index contributed by atoms with van der Waals surface area (Å²) in [5.41, 5.74) is 0. The van der Waals surface area contributed by atoms with Gasteiger partial charge >= 0.3 is 0 Å². The third kappa shape index (κ3) is 2.31. The zero-order valence-electron chi connectivity index (χ0n) is 7.57. The molecule has 1 saturated carbocycles. The lowest BCUT2D eigenvalue weighted by Gasteiger charge is -2.15. The van der Waals surface area contributed by atoms with E-state index in [2.05, 4.69) is 14.9 Å². The van der Waals surface area contributed by atoms with Gasteiger partial charge in [0.25, 0.3) is 0 Å². The zero-order chi connectivity index (χ0) is 9.26. The van der Waals surface area contributed by atoms with Crippen molar-refractivity contribution < 1.29 is 0 Å². The summed E-state index contributed by atoms with van der Waals surface area (Å²) in [5, 5.41) is 0.587. The molecule has 3 nitrogen and oxygen atoms in total. The fourth-order valence-electron chi connectivity index (χ4n) is 1.27. The highest BCUT2D eigenvalue weighted by atomic mass is 35.5. The predicted molar refractivity (Wildman–Crippen MR) is 53.0 cm³/mol. The summed E-state index contributed by atoms with van der Waals surface area (Å²) in [5.74, 6) is 1.61. The Labute approximate surface area is 82.8 Å². The van der Waals surface area contributed by atoms with Crippen LogP contribution in [0.25, 0.3) is 0 Å². The summed E-state index contributed by atoms with van der Waals surface area (Å²) in [4.78, 5) is 10.4. The Morgan fingerprint density at radius 3 is 2.62 bits per heavy atom. The monoisotopic (exact) mass is 197 g/mol. The van der Waals surface area contributed by atoms with Gasteiger partial charge in [0, 0.05) is 13.6 Å². The molecule has 0 radical (unpaired) electrons. The van der Waals surface area contributed by atoms with Gasteiger partial charge in [-0.05, 0) is 18.8 Å². The lowest BCUT2D eigenvalue weighted by Crippen LogP contribution is -2.22. The van der Waals surface area contributed by atoms with Crippen LogP contribution in [-0.4, -0.2) is 23.6 Å². The lowest BCUT2D eigenvalue weighted by atomic mass is 10.4. The van der Waals surface area contributed by atoms with Gasteiger partial charge in [-0.3, -0.25) is 0 Å². The van der Waals surface area contributed by atoms with Gasteiger partial charge in [0.15, 0.2) is 0 Å². The van der Waals surface area contributed by atoms with Gasteiger partial charge in [0.05, 0.1) is 17.4 Å². The minimum Gasteiger partial charge on any atom is -0.344 e. The highest BCUT2D eigenvalue weighted by Crippen LogP contribution is 2.30. The number of halogens is 1. The number of anilines is 1. The van der Waals surface area contributed by atoms with Gasteiger partial charge in [-0.1, -0.05) is 11.6 Å². The van der Waals surface area contributed by atoms with Crippen LogP contribution >= 0.6 is 11.6 Å². The number of rotatable bonds is 3. The van der Waals surface area contributed by atoms with Gasteiger partial charge in [0.1, 0.15) is 0 Å². The normalized spacial score (nSPS) is 15.8. The molecule has 0 N–H and O–H groups in total. The first kappa shape index (κ1) is 8.75. The van der Waals surface area contributed by atoms with E-state index >= 15 is 0 Å². The van der Waals surface area contributed by atoms with Crippen LogP contribution < -0.4 is 4.90 Å². The molecule has 1 aliphatic rings. The Morgan fingerprint density at radius 1 is 1.46 bits per heavy atom. The topological polar surface area (TPSA) is 29.0 Å². The molecule has 0 saturated heterocycles. The van der Waals surface area contributed by atoms with Crippen molar-refractivity contribution >= 4 is 17.5 Å². The first-order chi connectivity index (χ1) is 6.25. The second kappa shape index (κ2) is 3.50. The van der Waals surface area contributed by atoms with E-state index in [0.29, 0.717) is 5.02 Å². The highest BCUT2D eigenvalue weighted by molar-refractivity contribution is 6.30. The van der Waals surface area contributed by atoms with Gasteiger partial charge in [-0.25, -0.2) is 9.97 Å². The fraction of sp³-hybridized carbons (Fsp3) is 0.556. The number of aromatic nitrogens is 2. The van der Waals surface area contributed by atoms with Crippen LogP contribution in [0.4, 0.5) is 5.95 Å². The van der Waals surface area contributed by atoms with E-state index in [4.69, 9.17) is 11.6 Å². The van der Waals surface area contributed by atoms with Crippen LogP contribution in [-0.2, 0) is 0 Å². The number of hydrogen-bond donors (Lipinski definition) is 0. The van der Waals surface area contributed by atoms with Crippen molar-refractivity contribution in [3.8, 4) is 0 Å². The van der Waals surface area contributed by atoms with E-state index in [1.807, 2.05) is 7.05 Å². The van der Waals surface area contributed by atoms with Gasteiger partial charge in [0.2, 0.25) is 5.95 Å². The van der Waals surface area contributed by atoms with Crippen molar-refractivity contribution in [3.63, 3.8) is 0 Å². The highest BCUT2D eigenvalue weighted by Gasteiger charge is 2.23. The molecule has 0 aliphatic heterocycles. The van der Waals surface area contributed by atoms with Crippen molar-refractivity contribution in [1.82, 2.24) is 9.97 Å². The van der Waals surface area contributed by atoms with Crippen LogP contribution in [0, 0.1) is 5.92 Å².